The summed E-state index contributed by atoms with van der Waals surface area (Å²) in [5, 5.41) is 3.96. The molecule has 0 aliphatic heterocycles. The number of rotatable bonds is 3. The standard InChI is InChI=1S/C8H13N3O2/c1-11-7(3-4-10-11)6(9)5-8(12)13-2/h3-4,6H,5,9H2,1-2H3/t6-/m0/s1. The third-order valence-electron chi connectivity index (χ3n) is 1.85. The van der Waals surface area contributed by atoms with E-state index in [0.29, 0.717) is 0 Å². The maximum absolute atomic E-state index is 10.9. The average Bonchev–Trinajstić information content (AvgIpc) is 2.51. The van der Waals surface area contributed by atoms with Crippen LogP contribution in [0.15, 0.2) is 12.3 Å². The minimum absolute atomic E-state index is 0.177. The van der Waals surface area contributed by atoms with Crippen LogP contribution in [-0.2, 0) is 16.6 Å². The Hall–Kier alpha value is -1.36. The van der Waals surface area contributed by atoms with Crippen LogP contribution in [0.3, 0.4) is 0 Å². The van der Waals surface area contributed by atoms with E-state index in [9.17, 15) is 4.79 Å². The number of aromatic nitrogens is 2. The minimum Gasteiger partial charge on any atom is -0.469 e. The van der Waals surface area contributed by atoms with Gasteiger partial charge in [-0.1, -0.05) is 0 Å². The van der Waals surface area contributed by atoms with E-state index in [1.54, 1.807) is 24.0 Å². The molecular weight excluding hydrogens is 170 g/mol. The van der Waals surface area contributed by atoms with Crippen molar-refractivity contribution in [2.75, 3.05) is 7.11 Å². The fourth-order valence-electron chi connectivity index (χ4n) is 1.12. The molecule has 1 aromatic heterocycles. The van der Waals surface area contributed by atoms with Crippen molar-refractivity contribution in [2.45, 2.75) is 12.5 Å². The van der Waals surface area contributed by atoms with E-state index < -0.39 is 0 Å². The van der Waals surface area contributed by atoms with E-state index in [0.717, 1.165) is 5.69 Å². The van der Waals surface area contributed by atoms with Crippen LogP contribution in [0.5, 0.6) is 0 Å². The quantitative estimate of drug-likeness (QED) is 0.669. The maximum Gasteiger partial charge on any atom is 0.307 e. The van der Waals surface area contributed by atoms with Crippen molar-refractivity contribution in [2.24, 2.45) is 12.8 Å². The number of aryl methyl sites for hydroxylation is 1. The first kappa shape index (κ1) is 9.73. The van der Waals surface area contributed by atoms with Crippen LogP contribution in [0.2, 0.25) is 0 Å². The van der Waals surface area contributed by atoms with Gasteiger partial charge >= 0.3 is 5.97 Å². The fraction of sp³-hybridized carbons (Fsp3) is 0.500. The normalized spacial score (nSPS) is 12.5. The highest BCUT2D eigenvalue weighted by Gasteiger charge is 2.14. The second kappa shape index (κ2) is 4.04. The van der Waals surface area contributed by atoms with Crippen LogP contribution in [0.4, 0.5) is 0 Å². The van der Waals surface area contributed by atoms with Gasteiger partial charge in [-0.25, -0.2) is 0 Å². The highest BCUT2D eigenvalue weighted by Crippen LogP contribution is 2.12. The van der Waals surface area contributed by atoms with Crippen molar-refractivity contribution >= 4 is 5.97 Å². The molecule has 0 fully saturated rings. The van der Waals surface area contributed by atoms with E-state index in [-0.39, 0.29) is 18.4 Å². The Bertz CT molecular complexity index is 295. The number of carbonyl (C=O) groups is 1. The van der Waals surface area contributed by atoms with Gasteiger partial charge in [0.2, 0.25) is 0 Å². The maximum atomic E-state index is 10.9. The van der Waals surface area contributed by atoms with Crippen molar-refractivity contribution in [3.63, 3.8) is 0 Å². The largest absolute Gasteiger partial charge is 0.469 e. The molecule has 2 N–H and O–H groups in total. The molecule has 0 aromatic carbocycles. The molecule has 72 valence electrons. The molecule has 1 rings (SSSR count). The van der Waals surface area contributed by atoms with Crippen LogP contribution in [0, 0.1) is 0 Å². The Morgan fingerprint density at radius 3 is 3.00 bits per heavy atom. The summed E-state index contributed by atoms with van der Waals surface area (Å²) < 4.78 is 6.16. The molecule has 0 bridgehead atoms. The van der Waals surface area contributed by atoms with Crippen molar-refractivity contribution < 1.29 is 9.53 Å². The Morgan fingerprint density at radius 1 is 1.85 bits per heavy atom. The van der Waals surface area contributed by atoms with Crippen LogP contribution < -0.4 is 5.73 Å². The molecule has 5 nitrogen and oxygen atoms in total. The molecular formula is C8H13N3O2. The number of hydrogen-bond donors (Lipinski definition) is 1. The second-order valence-corrected chi connectivity index (χ2v) is 2.77. The molecule has 0 radical (unpaired) electrons. The van der Waals surface area contributed by atoms with Gasteiger partial charge in [0, 0.05) is 13.2 Å². The number of nitrogens with zero attached hydrogens (tertiary/aromatic N) is 2. The molecule has 1 heterocycles. The summed E-state index contributed by atoms with van der Waals surface area (Å²) in [5.41, 5.74) is 6.58. The van der Waals surface area contributed by atoms with E-state index in [1.165, 1.54) is 7.11 Å². The van der Waals surface area contributed by atoms with Gasteiger partial charge in [0.05, 0.1) is 25.3 Å². The second-order valence-electron chi connectivity index (χ2n) is 2.77. The lowest BCUT2D eigenvalue weighted by atomic mass is 10.1. The smallest absolute Gasteiger partial charge is 0.307 e. The van der Waals surface area contributed by atoms with Gasteiger partial charge in [-0.15, -0.1) is 0 Å². The Morgan fingerprint density at radius 2 is 2.54 bits per heavy atom. The Labute approximate surface area is 76.5 Å². The topological polar surface area (TPSA) is 70.1 Å². The zero-order valence-electron chi connectivity index (χ0n) is 7.73. The predicted octanol–water partition coefficient (Wildman–Crippen LogP) is -0.0170. The fourth-order valence-corrected chi connectivity index (χ4v) is 1.12. The summed E-state index contributed by atoms with van der Waals surface area (Å²) >= 11 is 0. The van der Waals surface area contributed by atoms with Crippen LogP contribution in [0.25, 0.3) is 0 Å². The first-order chi connectivity index (χ1) is 6.15. The van der Waals surface area contributed by atoms with Gasteiger partial charge in [-0.05, 0) is 6.07 Å². The Balaban J connectivity index is 2.63. The first-order valence-corrected chi connectivity index (χ1v) is 3.95. The Kier molecular flexibility index (Phi) is 3.02. The summed E-state index contributed by atoms with van der Waals surface area (Å²) in [6, 6.07) is 1.44. The van der Waals surface area contributed by atoms with Gasteiger partial charge in [0.15, 0.2) is 0 Å². The van der Waals surface area contributed by atoms with E-state index in [1.807, 2.05) is 0 Å². The SMILES string of the molecule is COC(=O)C[C@H](N)c1ccnn1C. The van der Waals surface area contributed by atoms with Gasteiger partial charge in [0.25, 0.3) is 0 Å². The zero-order valence-corrected chi connectivity index (χ0v) is 7.73. The molecule has 0 aliphatic rings. The number of nitrogens with two attached hydrogens (primary N) is 1. The number of ether oxygens (including phenoxy) is 1. The summed E-state index contributed by atoms with van der Waals surface area (Å²) in [6.07, 6.45) is 1.82. The van der Waals surface area contributed by atoms with Gasteiger partial charge in [-0.3, -0.25) is 9.48 Å². The number of hydrogen-bond acceptors (Lipinski definition) is 4. The first-order valence-electron chi connectivity index (χ1n) is 3.95. The third kappa shape index (κ3) is 2.29. The van der Waals surface area contributed by atoms with Gasteiger partial charge in [-0.2, -0.15) is 5.10 Å². The molecule has 0 amide bonds. The summed E-state index contributed by atoms with van der Waals surface area (Å²) in [6.45, 7) is 0. The average molecular weight is 183 g/mol. The lowest BCUT2D eigenvalue weighted by Gasteiger charge is -2.09. The lowest BCUT2D eigenvalue weighted by Crippen LogP contribution is -2.19. The zero-order chi connectivity index (χ0) is 9.84. The number of methoxy groups -OCH3 is 1. The summed E-state index contributed by atoms with van der Waals surface area (Å²) in [7, 11) is 3.13. The highest BCUT2D eigenvalue weighted by atomic mass is 16.5. The van der Waals surface area contributed by atoms with E-state index in [4.69, 9.17) is 5.73 Å². The molecule has 0 saturated heterocycles. The third-order valence-corrected chi connectivity index (χ3v) is 1.85. The molecule has 13 heavy (non-hydrogen) atoms. The molecule has 1 atom stereocenters. The number of esters is 1. The van der Waals surface area contributed by atoms with Crippen LogP contribution in [-0.4, -0.2) is 22.9 Å². The van der Waals surface area contributed by atoms with Gasteiger partial charge in [0.1, 0.15) is 0 Å². The van der Waals surface area contributed by atoms with E-state index in [2.05, 4.69) is 9.84 Å². The minimum atomic E-state index is -0.347. The van der Waals surface area contributed by atoms with Crippen LogP contribution in [0.1, 0.15) is 18.2 Å². The van der Waals surface area contributed by atoms with Crippen molar-refractivity contribution in [1.29, 1.82) is 0 Å². The van der Waals surface area contributed by atoms with Crippen molar-refractivity contribution in [3.8, 4) is 0 Å². The van der Waals surface area contributed by atoms with Gasteiger partial charge < -0.3 is 10.5 Å². The lowest BCUT2D eigenvalue weighted by molar-refractivity contribution is -0.141. The van der Waals surface area contributed by atoms with Crippen LogP contribution >= 0.6 is 0 Å². The monoisotopic (exact) mass is 183 g/mol. The molecule has 5 heteroatoms. The van der Waals surface area contributed by atoms with Crippen molar-refractivity contribution in [3.05, 3.63) is 18.0 Å². The van der Waals surface area contributed by atoms with Crippen molar-refractivity contribution in [1.82, 2.24) is 9.78 Å². The molecule has 0 spiro atoms. The highest BCUT2D eigenvalue weighted by molar-refractivity contribution is 5.70. The molecule has 0 aliphatic carbocycles. The molecule has 0 unspecified atom stereocenters. The summed E-state index contributed by atoms with van der Waals surface area (Å²) in [4.78, 5) is 10.9. The number of carbonyl (C=O) groups excluding carboxylic acids is 1. The molecule has 1 aromatic rings. The molecule has 0 saturated carbocycles. The van der Waals surface area contributed by atoms with E-state index >= 15 is 0 Å². The summed E-state index contributed by atoms with van der Waals surface area (Å²) in [5.74, 6) is -0.311. The predicted molar refractivity (Wildman–Crippen MR) is 46.8 cm³/mol.